The van der Waals surface area contributed by atoms with Crippen molar-refractivity contribution in [3.63, 3.8) is 0 Å². The number of carbonyl (C=O) groups is 1. The second-order valence-electron chi connectivity index (χ2n) is 5.99. The highest BCUT2D eigenvalue weighted by molar-refractivity contribution is 6.30. The van der Waals surface area contributed by atoms with Crippen molar-refractivity contribution in [2.24, 2.45) is 5.92 Å². The Hall–Kier alpha value is -2.14. The van der Waals surface area contributed by atoms with Crippen molar-refractivity contribution in [2.75, 3.05) is 18.4 Å². The summed E-state index contributed by atoms with van der Waals surface area (Å²) in [5.74, 6) is 1.81. The van der Waals surface area contributed by atoms with Crippen LogP contribution in [0.5, 0.6) is 0 Å². The monoisotopic (exact) mass is 344 g/mol. The summed E-state index contributed by atoms with van der Waals surface area (Å²) in [7, 11) is 0. The van der Waals surface area contributed by atoms with Gasteiger partial charge in [0.25, 0.3) is 0 Å². The Morgan fingerprint density at radius 2 is 2.00 bits per heavy atom. The van der Waals surface area contributed by atoms with Gasteiger partial charge in [0.1, 0.15) is 11.0 Å². The third kappa shape index (κ3) is 4.23. The van der Waals surface area contributed by atoms with E-state index in [9.17, 15) is 4.79 Å². The van der Waals surface area contributed by atoms with Crippen molar-refractivity contribution in [1.29, 1.82) is 0 Å². The van der Waals surface area contributed by atoms with Crippen LogP contribution in [0.15, 0.2) is 30.3 Å². The third-order valence-electron chi connectivity index (χ3n) is 4.04. The quantitative estimate of drug-likeness (QED) is 0.756. The number of halogens is 1. The van der Waals surface area contributed by atoms with Crippen LogP contribution in [0.4, 0.5) is 5.82 Å². The van der Waals surface area contributed by atoms with Crippen molar-refractivity contribution < 1.29 is 4.79 Å². The van der Waals surface area contributed by atoms with Crippen molar-refractivity contribution in [1.82, 2.24) is 15.3 Å². The van der Waals surface area contributed by atoms with Gasteiger partial charge in [-0.2, -0.15) is 0 Å². The van der Waals surface area contributed by atoms with Crippen LogP contribution in [0, 0.1) is 5.92 Å². The first-order valence-corrected chi connectivity index (χ1v) is 8.67. The summed E-state index contributed by atoms with van der Waals surface area (Å²) in [5.41, 5.74) is 1.72. The molecule has 0 radical (unpaired) electrons. The molecule has 1 saturated carbocycles. The fourth-order valence-corrected chi connectivity index (χ4v) is 2.74. The highest BCUT2D eigenvalue weighted by Gasteiger charge is 2.21. The topological polar surface area (TPSA) is 66.9 Å². The maximum absolute atomic E-state index is 11.9. The van der Waals surface area contributed by atoms with Crippen LogP contribution >= 0.6 is 11.6 Å². The summed E-state index contributed by atoms with van der Waals surface area (Å²) in [6.45, 7) is 2.94. The Kier molecular flexibility index (Phi) is 5.30. The standard InChI is InChI=1S/C18H21ClN4O/c1-2-14-16(19)22-17(13-6-4-3-5-7-13)23-18(14)21-11-15(24)20-10-12-8-9-12/h3-7,12H,2,8-11H2,1H3,(H,20,24)(H,21,22,23). The highest BCUT2D eigenvalue weighted by atomic mass is 35.5. The fourth-order valence-electron chi connectivity index (χ4n) is 2.44. The zero-order chi connectivity index (χ0) is 16.9. The molecule has 0 saturated heterocycles. The Morgan fingerprint density at radius 1 is 1.25 bits per heavy atom. The first-order valence-electron chi connectivity index (χ1n) is 8.29. The van der Waals surface area contributed by atoms with Gasteiger partial charge in [0.2, 0.25) is 5.91 Å². The summed E-state index contributed by atoms with van der Waals surface area (Å²) in [4.78, 5) is 20.9. The number of aromatic nitrogens is 2. The van der Waals surface area contributed by atoms with Gasteiger partial charge in [0.05, 0.1) is 6.54 Å². The average Bonchev–Trinajstić information content (AvgIpc) is 3.43. The van der Waals surface area contributed by atoms with E-state index in [4.69, 9.17) is 11.6 Å². The molecule has 1 heterocycles. The molecular formula is C18H21ClN4O. The Balaban J connectivity index is 1.74. The minimum Gasteiger partial charge on any atom is -0.361 e. The van der Waals surface area contributed by atoms with Crippen molar-refractivity contribution in [3.05, 3.63) is 41.0 Å². The van der Waals surface area contributed by atoms with Gasteiger partial charge >= 0.3 is 0 Å². The number of nitrogens with one attached hydrogen (secondary N) is 2. The van der Waals surface area contributed by atoms with Crippen LogP contribution in [0.3, 0.4) is 0 Å². The van der Waals surface area contributed by atoms with E-state index in [1.807, 2.05) is 37.3 Å². The van der Waals surface area contributed by atoms with Gasteiger partial charge in [-0.25, -0.2) is 9.97 Å². The molecule has 24 heavy (non-hydrogen) atoms. The van der Waals surface area contributed by atoms with E-state index in [-0.39, 0.29) is 12.5 Å². The average molecular weight is 345 g/mol. The first kappa shape index (κ1) is 16.7. The maximum Gasteiger partial charge on any atom is 0.239 e. The molecule has 0 aliphatic heterocycles. The maximum atomic E-state index is 11.9. The number of hydrogen-bond acceptors (Lipinski definition) is 4. The molecule has 1 amide bonds. The lowest BCUT2D eigenvalue weighted by molar-refractivity contribution is -0.119. The molecule has 2 N–H and O–H groups in total. The Morgan fingerprint density at radius 3 is 2.67 bits per heavy atom. The van der Waals surface area contributed by atoms with E-state index in [0.717, 1.165) is 17.7 Å². The van der Waals surface area contributed by atoms with Crippen molar-refractivity contribution in [3.8, 4) is 11.4 Å². The Bertz CT molecular complexity index is 716. The molecular weight excluding hydrogens is 324 g/mol. The summed E-state index contributed by atoms with van der Waals surface area (Å²) in [5, 5.41) is 6.47. The van der Waals surface area contributed by atoms with E-state index in [0.29, 0.717) is 29.1 Å². The molecule has 6 heteroatoms. The van der Waals surface area contributed by atoms with Crippen LogP contribution in [0.25, 0.3) is 11.4 Å². The number of carbonyl (C=O) groups excluding carboxylic acids is 1. The third-order valence-corrected chi connectivity index (χ3v) is 4.36. The number of hydrogen-bond donors (Lipinski definition) is 2. The molecule has 0 bridgehead atoms. The summed E-state index contributed by atoms with van der Waals surface area (Å²) >= 11 is 6.32. The van der Waals surface area contributed by atoms with Crippen LogP contribution < -0.4 is 10.6 Å². The molecule has 1 aromatic heterocycles. The van der Waals surface area contributed by atoms with E-state index >= 15 is 0 Å². The first-order chi connectivity index (χ1) is 11.7. The zero-order valence-electron chi connectivity index (χ0n) is 13.7. The minimum absolute atomic E-state index is 0.0278. The molecule has 0 spiro atoms. The minimum atomic E-state index is -0.0278. The molecule has 1 aromatic carbocycles. The molecule has 2 aromatic rings. The van der Waals surface area contributed by atoms with E-state index < -0.39 is 0 Å². The molecule has 3 rings (SSSR count). The number of rotatable bonds is 7. The molecule has 1 aliphatic carbocycles. The van der Waals surface area contributed by atoms with Gasteiger partial charge < -0.3 is 10.6 Å². The number of anilines is 1. The van der Waals surface area contributed by atoms with Crippen LogP contribution in [-0.4, -0.2) is 29.0 Å². The lowest BCUT2D eigenvalue weighted by Crippen LogP contribution is -2.31. The molecule has 126 valence electrons. The lowest BCUT2D eigenvalue weighted by atomic mass is 10.2. The Labute approximate surface area is 146 Å². The van der Waals surface area contributed by atoms with Crippen LogP contribution in [0.1, 0.15) is 25.3 Å². The van der Waals surface area contributed by atoms with Gasteiger partial charge in [-0.3, -0.25) is 4.79 Å². The molecule has 1 fully saturated rings. The number of benzene rings is 1. The normalized spacial score (nSPS) is 13.6. The summed E-state index contributed by atoms with van der Waals surface area (Å²) < 4.78 is 0. The van der Waals surface area contributed by atoms with Crippen LogP contribution in [0.2, 0.25) is 5.15 Å². The SMILES string of the molecule is CCc1c(Cl)nc(-c2ccccc2)nc1NCC(=O)NCC1CC1. The van der Waals surface area contributed by atoms with E-state index in [1.54, 1.807) is 0 Å². The predicted octanol–water partition coefficient (Wildman–Crippen LogP) is 3.30. The largest absolute Gasteiger partial charge is 0.361 e. The van der Waals surface area contributed by atoms with Gasteiger partial charge in [-0.1, -0.05) is 48.9 Å². The van der Waals surface area contributed by atoms with Gasteiger partial charge in [-0.05, 0) is 25.2 Å². The highest BCUT2D eigenvalue weighted by Crippen LogP contribution is 2.28. The van der Waals surface area contributed by atoms with Crippen molar-refractivity contribution in [2.45, 2.75) is 26.2 Å². The van der Waals surface area contributed by atoms with Crippen LogP contribution in [-0.2, 0) is 11.2 Å². The fraction of sp³-hybridized carbons (Fsp3) is 0.389. The van der Waals surface area contributed by atoms with E-state index in [2.05, 4.69) is 20.6 Å². The van der Waals surface area contributed by atoms with Gasteiger partial charge in [-0.15, -0.1) is 0 Å². The predicted molar refractivity (Wildman–Crippen MR) is 96.1 cm³/mol. The molecule has 0 unspecified atom stereocenters. The second kappa shape index (κ2) is 7.62. The van der Waals surface area contributed by atoms with E-state index in [1.165, 1.54) is 12.8 Å². The smallest absolute Gasteiger partial charge is 0.239 e. The van der Waals surface area contributed by atoms with Gasteiger partial charge in [0, 0.05) is 17.7 Å². The molecule has 1 aliphatic rings. The number of amides is 1. The second-order valence-corrected chi connectivity index (χ2v) is 6.34. The lowest BCUT2D eigenvalue weighted by Gasteiger charge is -2.13. The van der Waals surface area contributed by atoms with Gasteiger partial charge in [0.15, 0.2) is 5.82 Å². The summed E-state index contributed by atoms with van der Waals surface area (Å²) in [6, 6.07) is 9.67. The zero-order valence-corrected chi connectivity index (χ0v) is 14.4. The number of nitrogens with zero attached hydrogens (tertiary/aromatic N) is 2. The molecule has 5 nitrogen and oxygen atoms in total. The summed E-state index contributed by atoms with van der Waals surface area (Å²) in [6.07, 6.45) is 3.13. The molecule has 0 atom stereocenters. The van der Waals surface area contributed by atoms with Crippen molar-refractivity contribution >= 4 is 23.3 Å².